The number of amides is 3. The maximum atomic E-state index is 14.0. The number of likely N-dealkylation sites (N-methyl/N-ethyl adjacent to an activating group) is 2. The van der Waals surface area contributed by atoms with Crippen LogP contribution in [0.2, 0.25) is 0 Å². The molecule has 0 aliphatic carbocycles. The van der Waals surface area contributed by atoms with Crippen LogP contribution in [0.25, 0.3) is 0 Å². The molecule has 0 saturated carbocycles. The van der Waals surface area contributed by atoms with Crippen LogP contribution in [0, 0.1) is 11.3 Å². The van der Waals surface area contributed by atoms with Gasteiger partial charge in [-0.1, -0.05) is 47.5 Å². The van der Waals surface area contributed by atoms with Gasteiger partial charge in [0, 0.05) is 32.7 Å². The van der Waals surface area contributed by atoms with Gasteiger partial charge in [0.05, 0.1) is 12.1 Å². The highest BCUT2D eigenvalue weighted by Gasteiger charge is 2.41. The molecule has 3 heterocycles. The quantitative estimate of drug-likeness (QED) is 0.534. The number of nitrogens with zero attached hydrogens (tertiary/aromatic N) is 4. The third-order valence-corrected chi connectivity index (χ3v) is 8.83. The van der Waals surface area contributed by atoms with Crippen LogP contribution in [0.4, 0.5) is 0 Å². The number of carbonyl (C=O) groups is 3. The van der Waals surface area contributed by atoms with E-state index in [4.69, 9.17) is 0 Å². The van der Waals surface area contributed by atoms with E-state index in [2.05, 4.69) is 29.0 Å². The molecule has 0 aromatic rings. The van der Waals surface area contributed by atoms with Gasteiger partial charge in [-0.2, -0.15) is 0 Å². The molecule has 0 unspecified atom stereocenters. The van der Waals surface area contributed by atoms with Crippen molar-refractivity contribution in [3.8, 4) is 0 Å². The van der Waals surface area contributed by atoms with Crippen molar-refractivity contribution >= 4 is 17.7 Å². The topological polar surface area (TPSA) is 76.2 Å². The molecule has 0 bridgehead atoms. The third-order valence-electron chi connectivity index (χ3n) is 8.83. The van der Waals surface area contributed by atoms with Gasteiger partial charge in [0.25, 0.3) is 0 Å². The molecule has 37 heavy (non-hydrogen) atoms. The van der Waals surface area contributed by atoms with E-state index in [0.29, 0.717) is 6.54 Å². The van der Waals surface area contributed by atoms with Crippen LogP contribution in [0.1, 0.15) is 86.0 Å². The lowest BCUT2D eigenvalue weighted by Gasteiger charge is -2.43. The Kier molecular flexibility index (Phi) is 10.4. The molecule has 8 nitrogen and oxygen atoms in total. The van der Waals surface area contributed by atoms with Crippen molar-refractivity contribution in [3.05, 3.63) is 0 Å². The van der Waals surface area contributed by atoms with Crippen molar-refractivity contribution in [3.63, 3.8) is 0 Å². The number of nitrogens with one attached hydrogen (secondary N) is 1. The standard InChI is InChI=1S/C29H53N5O3/c1-21(2)24(20-34-19-11-9-15-23(34)27(36)33-17-12-13-18-33)32(7)28(37)25(29(3,4)5)30-26(35)22-14-8-10-16-31(22)6/h21-25H,8-20H2,1-7H3,(H,30,35)/t22-,23+,24-,25-/m1/s1. The summed E-state index contributed by atoms with van der Waals surface area (Å²) in [5.74, 6) is 0.402. The Morgan fingerprint density at radius 2 is 1.46 bits per heavy atom. The second-order valence-electron chi connectivity index (χ2n) is 13.1. The highest BCUT2D eigenvalue weighted by atomic mass is 16.2. The molecule has 1 N–H and O–H groups in total. The van der Waals surface area contributed by atoms with Crippen molar-refractivity contribution in [1.82, 2.24) is 24.9 Å². The zero-order valence-electron chi connectivity index (χ0n) is 24.6. The minimum Gasteiger partial charge on any atom is -0.342 e. The van der Waals surface area contributed by atoms with Crippen LogP contribution >= 0.6 is 0 Å². The zero-order valence-corrected chi connectivity index (χ0v) is 24.6. The summed E-state index contributed by atoms with van der Waals surface area (Å²) in [6.07, 6.45) is 8.24. The maximum Gasteiger partial charge on any atom is 0.245 e. The predicted molar refractivity (Wildman–Crippen MR) is 148 cm³/mol. The van der Waals surface area contributed by atoms with Gasteiger partial charge >= 0.3 is 0 Å². The molecule has 3 aliphatic heterocycles. The molecule has 3 rings (SSSR count). The van der Waals surface area contributed by atoms with Gasteiger partial charge in [-0.3, -0.25) is 24.2 Å². The highest BCUT2D eigenvalue weighted by molar-refractivity contribution is 5.90. The monoisotopic (exact) mass is 519 g/mol. The molecule has 3 saturated heterocycles. The summed E-state index contributed by atoms with van der Waals surface area (Å²) >= 11 is 0. The summed E-state index contributed by atoms with van der Waals surface area (Å²) in [6, 6.07) is -0.914. The number of hydrogen-bond donors (Lipinski definition) is 1. The Morgan fingerprint density at radius 3 is 2.03 bits per heavy atom. The minimum atomic E-state index is -0.607. The zero-order chi connectivity index (χ0) is 27.3. The number of hydrogen-bond acceptors (Lipinski definition) is 5. The Labute approximate surface area is 225 Å². The van der Waals surface area contributed by atoms with E-state index in [1.165, 1.54) is 0 Å². The fourth-order valence-electron chi connectivity index (χ4n) is 6.32. The first-order chi connectivity index (χ1) is 17.4. The van der Waals surface area contributed by atoms with Crippen LogP contribution in [0.15, 0.2) is 0 Å². The molecule has 0 radical (unpaired) electrons. The molecular formula is C29H53N5O3. The predicted octanol–water partition coefficient (Wildman–Crippen LogP) is 2.96. The van der Waals surface area contributed by atoms with Gasteiger partial charge in [0.15, 0.2) is 0 Å². The van der Waals surface area contributed by atoms with E-state index in [9.17, 15) is 14.4 Å². The van der Waals surface area contributed by atoms with Gasteiger partial charge in [0.2, 0.25) is 17.7 Å². The van der Waals surface area contributed by atoms with Gasteiger partial charge in [-0.15, -0.1) is 0 Å². The van der Waals surface area contributed by atoms with Gasteiger partial charge in [-0.05, 0) is 70.0 Å². The van der Waals surface area contributed by atoms with Crippen molar-refractivity contribution in [2.45, 2.75) is 110 Å². The first-order valence-corrected chi connectivity index (χ1v) is 14.7. The molecule has 4 atom stereocenters. The largest absolute Gasteiger partial charge is 0.342 e. The van der Waals surface area contributed by atoms with Crippen LogP contribution in [-0.4, -0.2) is 108 Å². The summed E-state index contributed by atoms with van der Waals surface area (Å²) in [6.45, 7) is 14.6. The first-order valence-electron chi connectivity index (χ1n) is 14.7. The first kappa shape index (κ1) is 29.9. The summed E-state index contributed by atoms with van der Waals surface area (Å²) in [5, 5.41) is 3.15. The van der Waals surface area contributed by atoms with Crippen molar-refractivity contribution in [1.29, 1.82) is 0 Å². The normalized spacial score (nSPS) is 25.7. The Morgan fingerprint density at radius 1 is 0.892 bits per heavy atom. The maximum absolute atomic E-state index is 14.0. The molecule has 3 aliphatic rings. The lowest BCUT2D eigenvalue weighted by Crippen LogP contribution is -2.61. The molecule has 0 aromatic carbocycles. The lowest BCUT2D eigenvalue weighted by atomic mass is 9.84. The number of carbonyl (C=O) groups excluding carboxylic acids is 3. The SMILES string of the molecule is CC(C)[C@@H](CN1CCCC[C@H]1C(=O)N1CCCC1)N(C)C(=O)[C@@H](NC(=O)[C@H]1CCCCN1C)C(C)(C)C. The minimum absolute atomic E-state index is 0.0430. The highest BCUT2D eigenvalue weighted by Crippen LogP contribution is 2.27. The summed E-state index contributed by atoms with van der Waals surface area (Å²) in [5.41, 5.74) is -0.421. The van der Waals surface area contributed by atoms with E-state index < -0.39 is 11.5 Å². The molecule has 3 amide bonds. The second-order valence-corrected chi connectivity index (χ2v) is 13.1. The molecule has 8 heteroatoms. The molecule has 212 valence electrons. The number of likely N-dealkylation sites (tertiary alicyclic amines) is 3. The number of rotatable bonds is 8. The van der Waals surface area contributed by atoms with Crippen LogP contribution in [0.5, 0.6) is 0 Å². The third kappa shape index (κ3) is 7.47. The molecule has 3 fully saturated rings. The number of piperidine rings is 2. The second kappa shape index (κ2) is 12.9. The van der Waals surface area contributed by atoms with E-state index in [1.807, 2.05) is 44.7 Å². The van der Waals surface area contributed by atoms with E-state index >= 15 is 0 Å². The van der Waals surface area contributed by atoms with Crippen molar-refractivity contribution in [2.24, 2.45) is 11.3 Å². The van der Waals surface area contributed by atoms with E-state index in [-0.39, 0.29) is 41.8 Å². The van der Waals surface area contributed by atoms with Crippen LogP contribution in [0.3, 0.4) is 0 Å². The van der Waals surface area contributed by atoms with Crippen LogP contribution in [-0.2, 0) is 14.4 Å². The molecule has 0 aromatic heterocycles. The van der Waals surface area contributed by atoms with Gasteiger partial charge in [-0.25, -0.2) is 0 Å². The van der Waals surface area contributed by atoms with Gasteiger partial charge < -0.3 is 15.1 Å². The average molecular weight is 520 g/mol. The fourth-order valence-corrected chi connectivity index (χ4v) is 6.32. The van der Waals surface area contributed by atoms with Crippen molar-refractivity contribution in [2.75, 3.05) is 46.8 Å². The molecule has 0 spiro atoms. The summed E-state index contributed by atoms with van der Waals surface area (Å²) in [7, 11) is 3.88. The lowest BCUT2D eigenvalue weighted by molar-refractivity contribution is -0.143. The summed E-state index contributed by atoms with van der Waals surface area (Å²) in [4.78, 5) is 49.0. The summed E-state index contributed by atoms with van der Waals surface area (Å²) < 4.78 is 0. The van der Waals surface area contributed by atoms with Gasteiger partial charge in [0.1, 0.15) is 6.04 Å². The Balaban J connectivity index is 1.74. The molecular weight excluding hydrogens is 466 g/mol. The average Bonchev–Trinajstić information content (AvgIpc) is 3.39. The smallest absolute Gasteiger partial charge is 0.245 e. The van der Waals surface area contributed by atoms with E-state index in [0.717, 1.165) is 77.5 Å². The van der Waals surface area contributed by atoms with Crippen LogP contribution < -0.4 is 5.32 Å². The fraction of sp³-hybridized carbons (Fsp3) is 0.897. The van der Waals surface area contributed by atoms with E-state index in [1.54, 1.807) is 0 Å². The van der Waals surface area contributed by atoms with Crippen molar-refractivity contribution < 1.29 is 14.4 Å². The Bertz CT molecular complexity index is 789. The Hall–Kier alpha value is -1.67.